The van der Waals surface area contributed by atoms with Crippen LogP contribution in [0.5, 0.6) is 0 Å². The van der Waals surface area contributed by atoms with Crippen LogP contribution in [0.3, 0.4) is 0 Å². The van der Waals surface area contributed by atoms with E-state index in [2.05, 4.69) is 67.7 Å². The molecule has 1 unspecified atom stereocenters. The lowest BCUT2D eigenvalue weighted by molar-refractivity contribution is 0.649. The SMILES string of the molecule is CCNC(c1cc(Br)c(Br)s1)c1cc2sccc2s1. The lowest BCUT2D eigenvalue weighted by atomic mass is 10.2. The van der Waals surface area contributed by atoms with Gasteiger partial charge in [0.2, 0.25) is 0 Å². The average Bonchev–Trinajstić information content (AvgIpc) is 3.02. The van der Waals surface area contributed by atoms with Gasteiger partial charge in [-0.05, 0) is 62.0 Å². The molecule has 0 aliphatic heterocycles. The number of hydrogen-bond acceptors (Lipinski definition) is 4. The number of rotatable bonds is 4. The smallest absolute Gasteiger partial charge is 0.0843 e. The van der Waals surface area contributed by atoms with Crippen LogP contribution in [0.25, 0.3) is 9.40 Å². The molecular weight excluding hydrogens is 426 g/mol. The predicted octanol–water partition coefficient (Wildman–Crippen LogP) is 6.25. The van der Waals surface area contributed by atoms with Crippen molar-refractivity contribution in [2.75, 3.05) is 6.54 Å². The number of fused-ring (bicyclic) bond motifs is 1. The van der Waals surface area contributed by atoms with E-state index >= 15 is 0 Å². The molecule has 1 nitrogen and oxygen atoms in total. The van der Waals surface area contributed by atoms with Gasteiger partial charge in [0.25, 0.3) is 0 Å². The molecule has 6 heteroatoms. The van der Waals surface area contributed by atoms with E-state index in [1.807, 2.05) is 22.7 Å². The third-order valence-corrected chi connectivity index (χ3v) is 8.28. The minimum atomic E-state index is 0.294. The van der Waals surface area contributed by atoms with Crippen molar-refractivity contribution in [3.05, 3.63) is 41.6 Å². The molecule has 3 rings (SSSR count). The molecule has 0 aromatic carbocycles. The van der Waals surface area contributed by atoms with Crippen molar-refractivity contribution >= 4 is 75.3 Å². The highest BCUT2D eigenvalue weighted by Crippen LogP contribution is 2.41. The van der Waals surface area contributed by atoms with Gasteiger partial charge < -0.3 is 5.32 Å². The van der Waals surface area contributed by atoms with E-state index in [0.717, 1.165) is 14.8 Å². The fourth-order valence-electron chi connectivity index (χ4n) is 1.98. The molecule has 0 aliphatic rings. The molecule has 0 saturated heterocycles. The highest BCUT2D eigenvalue weighted by molar-refractivity contribution is 9.13. The van der Waals surface area contributed by atoms with Crippen LogP contribution in [0.15, 0.2) is 31.8 Å². The molecule has 3 aromatic heterocycles. The summed E-state index contributed by atoms with van der Waals surface area (Å²) in [5.41, 5.74) is 0. The third-order valence-electron chi connectivity index (χ3n) is 2.80. The maximum Gasteiger partial charge on any atom is 0.0843 e. The summed E-state index contributed by atoms with van der Waals surface area (Å²) in [5.74, 6) is 0. The van der Waals surface area contributed by atoms with Crippen molar-refractivity contribution in [3.63, 3.8) is 0 Å². The Bertz CT molecular complexity index is 650. The highest BCUT2D eigenvalue weighted by Gasteiger charge is 2.19. The van der Waals surface area contributed by atoms with Crippen LogP contribution in [0, 0.1) is 0 Å². The van der Waals surface area contributed by atoms with Crippen molar-refractivity contribution in [2.24, 2.45) is 0 Å². The van der Waals surface area contributed by atoms with Gasteiger partial charge in [-0.3, -0.25) is 0 Å². The minimum absolute atomic E-state index is 0.294. The highest BCUT2D eigenvalue weighted by atomic mass is 79.9. The van der Waals surface area contributed by atoms with Gasteiger partial charge in [0, 0.05) is 23.6 Å². The first kappa shape index (κ1) is 14.2. The van der Waals surface area contributed by atoms with E-state index in [9.17, 15) is 0 Å². The molecule has 0 radical (unpaired) electrons. The van der Waals surface area contributed by atoms with Crippen LogP contribution in [0.1, 0.15) is 22.7 Å². The largest absolute Gasteiger partial charge is 0.305 e. The van der Waals surface area contributed by atoms with Crippen molar-refractivity contribution in [2.45, 2.75) is 13.0 Å². The molecule has 100 valence electrons. The van der Waals surface area contributed by atoms with Gasteiger partial charge in [0.15, 0.2) is 0 Å². The van der Waals surface area contributed by atoms with Crippen LogP contribution in [-0.2, 0) is 0 Å². The summed E-state index contributed by atoms with van der Waals surface area (Å²) in [6.07, 6.45) is 0. The summed E-state index contributed by atoms with van der Waals surface area (Å²) in [6.45, 7) is 3.12. The second-order valence-electron chi connectivity index (χ2n) is 4.06. The van der Waals surface area contributed by atoms with E-state index < -0.39 is 0 Å². The molecule has 0 amide bonds. The number of hydrogen-bond donors (Lipinski definition) is 1. The third kappa shape index (κ3) is 2.84. The topological polar surface area (TPSA) is 12.0 Å². The number of thiophene rings is 3. The minimum Gasteiger partial charge on any atom is -0.305 e. The number of halogens is 2. The van der Waals surface area contributed by atoms with Crippen LogP contribution >= 0.6 is 65.9 Å². The Kier molecular flexibility index (Phi) is 4.46. The standard InChI is InChI=1S/C13H11Br2NS3/c1-2-16-12(10-5-7(14)13(15)19-10)11-6-9-8(18-11)3-4-17-9/h3-6,12,16H,2H2,1H3. The average molecular weight is 437 g/mol. The van der Waals surface area contributed by atoms with Crippen LogP contribution in [0.2, 0.25) is 0 Å². The fourth-order valence-corrected chi connectivity index (χ4v) is 6.45. The first-order valence-electron chi connectivity index (χ1n) is 5.84. The van der Waals surface area contributed by atoms with E-state index in [1.54, 1.807) is 11.3 Å². The molecule has 1 atom stereocenters. The summed E-state index contributed by atoms with van der Waals surface area (Å²) >= 11 is 12.6. The van der Waals surface area contributed by atoms with Gasteiger partial charge in [-0.2, -0.15) is 0 Å². The molecule has 3 aromatic rings. The Morgan fingerprint density at radius 2 is 1.95 bits per heavy atom. The molecule has 0 saturated carbocycles. The summed E-state index contributed by atoms with van der Waals surface area (Å²) < 4.78 is 5.06. The molecule has 19 heavy (non-hydrogen) atoms. The quantitative estimate of drug-likeness (QED) is 0.509. The monoisotopic (exact) mass is 435 g/mol. The summed E-state index contributed by atoms with van der Waals surface area (Å²) in [7, 11) is 0. The van der Waals surface area contributed by atoms with Gasteiger partial charge in [-0.15, -0.1) is 34.0 Å². The molecule has 0 bridgehead atoms. The Morgan fingerprint density at radius 3 is 2.58 bits per heavy atom. The normalized spacial score (nSPS) is 13.2. The van der Waals surface area contributed by atoms with E-state index in [4.69, 9.17) is 0 Å². The van der Waals surface area contributed by atoms with Gasteiger partial charge in [0.05, 0.1) is 9.83 Å². The van der Waals surface area contributed by atoms with Gasteiger partial charge in [-0.1, -0.05) is 6.92 Å². The Hall–Kier alpha value is 0.280. The van der Waals surface area contributed by atoms with Crippen LogP contribution in [-0.4, -0.2) is 6.54 Å². The van der Waals surface area contributed by atoms with E-state index in [-0.39, 0.29) is 0 Å². The Morgan fingerprint density at radius 1 is 1.16 bits per heavy atom. The van der Waals surface area contributed by atoms with Crippen molar-refractivity contribution in [1.82, 2.24) is 5.32 Å². The molecule has 0 spiro atoms. The van der Waals surface area contributed by atoms with Crippen molar-refractivity contribution < 1.29 is 0 Å². The Labute approximate surface area is 140 Å². The second-order valence-corrected chi connectivity index (χ2v) is 9.38. The van der Waals surface area contributed by atoms with Gasteiger partial charge in [-0.25, -0.2) is 0 Å². The maximum absolute atomic E-state index is 3.59. The zero-order chi connectivity index (χ0) is 13.4. The van der Waals surface area contributed by atoms with Gasteiger partial charge in [0.1, 0.15) is 0 Å². The molecular formula is C13H11Br2NS3. The molecule has 1 N–H and O–H groups in total. The lowest BCUT2D eigenvalue weighted by Gasteiger charge is -2.14. The molecule has 0 fully saturated rings. The van der Waals surface area contributed by atoms with Crippen molar-refractivity contribution in [1.29, 1.82) is 0 Å². The summed E-state index contributed by atoms with van der Waals surface area (Å²) in [6, 6.07) is 7.02. The number of nitrogens with one attached hydrogen (secondary N) is 1. The molecule has 3 heterocycles. The predicted molar refractivity (Wildman–Crippen MR) is 94.9 cm³/mol. The first-order valence-corrected chi connectivity index (χ1v) is 9.94. The van der Waals surface area contributed by atoms with Crippen LogP contribution < -0.4 is 5.32 Å². The van der Waals surface area contributed by atoms with E-state index in [1.165, 1.54) is 19.2 Å². The summed E-state index contributed by atoms with van der Waals surface area (Å²) in [5, 5.41) is 5.75. The zero-order valence-electron chi connectivity index (χ0n) is 10.1. The molecule has 0 aliphatic carbocycles. The van der Waals surface area contributed by atoms with Gasteiger partial charge >= 0.3 is 0 Å². The maximum atomic E-state index is 3.59. The summed E-state index contributed by atoms with van der Waals surface area (Å²) in [4.78, 5) is 2.74. The fraction of sp³-hybridized carbons (Fsp3) is 0.231. The van der Waals surface area contributed by atoms with Crippen molar-refractivity contribution in [3.8, 4) is 0 Å². The van der Waals surface area contributed by atoms with E-state index in [0.29, 0.717) is 6.04 Å². The Balaban J connectivity index is 2.02. The van der Waals surface area contributed by atoms with Crippen LogP contribution in [0.4, 0.5) is 0 Å². The zero-order valence-corrected chi connectivity index (χ0v) is 15.7. The first-order chi connectivity index (χ1) is 9.19. The lowest BCUT2D eigenvalue weighted by Crippen LogP contribution is -2.20. The second kappa shape index (κ2) is 5.95.